The summed E-state index contributed by atoms with van der Waals surface area (Å²) in [4.78, 5) is 16.6. The number of amides is 1. The number of likely N-dealkylation sites (tertiary alicyclic amines) is 1. The lowest BCUT2D eigenvalue weighted by Crippen LogP contribution is -2.58. The molecule has 0 bridgehead atoms. The summed E-state index contributed by atoms with van der Waals surface area (Å²) in [5.41, 5.74) is 2.03. The number of rotatable bonds is 11. The number of allylic oxidation sites excluding steroid dienone is 1. The van der Waals surface area contributed by atoms with E-state index in [1.807, 2.05) is 78.6 Å². The number of hydrogen-bond acceptors (Lipinski definition) is 3. The molecule has 0 spiro atoms. The highest BCUT2D eigenvalue weighted by atomic mass is 35.5. The van der Waals surface area contributed by atoms with Crippen molar-refractivity contribution in [1.29, 1.82) is 0 Å². The Bertz CT molecular complexity index is 1490. The quantitative estimate of drug-likeness (QED) is 0.228. The van der Waals surface area contributed by atoms with E-state index in [-0.39, 0.29) is 42.1 Å². The molecule has 2 aliphatic rings. The third-order valence-corrected chi connectivity index (χ3v) is 10.2. The molecule has 0 aromatic heterocycles. The summed E-state index contributed by atoms with van der Waals surface area (Å²) >= 11 is 12.8. The van der Waals surface area contributed by atoms with Gasteiger partial charge in [0.1, 0.15) is 0 Å². The molecule has 2 fully saturated rings. The van der Waals surface area contributed by atoms with Gasteiger partial charge in [-0.15, -0.1) is 6.58 Å². The molecule has 1 saturated carbocycles. The largest absolute Gasteiger partial charge is 0.330 e. The number of carbonyl (C=O) groups is 1. The molecule has 1 aliphatic heterocycles. The van der Waals surface area contributed by atoms with Crippen LogP contribution in [0.3, 0.4) is 0 Å². The Balaban J connectivity index is 1.56. The molecular weight excluding hydrogens is 575 g/mol. The summed E-state index contributed by atoms with van der Waals surface area (Å²) in [5, 5.41) is 1.25. The highest BCUT2D eigenvalue weighted by Crippen LogP contribution is 2.54. The van der Waals surface area contributed by atoms with Crippen LogP contribution in [0.25, 0.3) is 0 Å². The number of piperidine rings is 1. The van der Waals surface area contributed by atoms with E-state index < -0.39 is 15.4 Å². The molecule has 5 nitrogen and oxygen atoms in total. The Hall–Kier alpha value is -2.64. The van der Waals surface area contributed by atoms with Crippen molar-refractivity contribution in [1.82, 2.24) is 9.62 Å². The number of halogens is 2. The van der Waals surface area contributed by atoms with Gasteiger partial charge >= 0.3 is 0 Å². The van der Waals surface area contributed by atoms with Crippen molar-refractivity contribution in [3.8, 4) is 0 Å². The van der Waals surface area contributed by atoms with Crippen LogP contribution < -0.4 is 4.72 Å². The first kappa shape index (κ1) is 29.8. The Kier molecular flexibility index (Phi) is 8.95. The van der Waals surface area contributed by atoms with Crippen molar-refractivity contribution in [2.24, 2.45) is 11.3 Å². The number of sulfonamides is 1. The summed E-state index contributed by atoms with van der Waals surface area (Å²) in [5.74, 6) is 0.0489. The van der Waals surface area contributed by atoms with Gasteiger partial charge in [0.15, 0.2) is 0 Å². The lowest BCUT2D eigenvalue weighted by molar-refractivity contribution is -0.155. The standard InChI is InChI=1S/C33H36Cl2N2O3S/c1-3-18-33(2)20-29(26-10-7-11-28(35)19-26)31(25-14-16-27(34)17-15-25)37(32(33)38)30(24-12-13-24)21-36-41(39,40)22-23-8-5-4-6-9-23/h3-11,14-17,19,24,29-31,36H,1,12-13,18,20-22H2,2H3/t29-,30-,31-,33+/m1/s1. The molecule has 3 aromatic carbocycles. The van der Waals surface area contributed by atoms with Crippen molar-refractivity contribution in [3.63, 3.8) is 0 Å². The summed E-state index contributed by atoms with van der Waals surface area (Å²) in [7, 11) is -3.63. The fraction of sp³-hybridized carbons (Fsp3) is 0.364. The van der Waals surface area contributed by atoms with Crippen LogP contribution in [0.2, 0.25) is 10.0 Å². The monoisotopic (exact) mass is 610 g/mol. The molecule has 41 heavy (non-hydrogen) atoms. The van der Waals surface area contributed by atoms with E-state index in [2.05, 4.69) is 17.4 Å². The second kappa shape index (κ2) is 12.3. The molecule has 1 aliphatic carbocycles. The first-order chi connectivity index (χ1) is 19.6. The maximum Gasteiger partial charge on any atom is 0.229 e. The van der Waals surface area contributed by atoms with Crippen molar-refractivity contribution in [2.45, 2.75) is 56.4 Å². The highest BCUT2D eigenvalue weighted by Gasteiger charge is 2.53. The van der Waals surface area contributed by atoms with Gasteiger partial charge in [-0.2, -0.15) is 0 Å². The number of hydrogen-bond donors (Lipinski definition) is 1. The van der Waals surface area contributed by atoms with E-state index in [1.165, 1.54) is 0 Å². The minimum absolute atomic E-state index is 0.0229. The van der Waals surface area contributed by atoms with Crippen LogP contribution in [0.5, 0.6) is 0 Å². The number of nitrogens with one attached hydrogen (secondary N) is 1. The maximum atomic E-state index is 14.6. The van der Waals surface area contributed by atoms with Crippen LogP contribution in [-0.2, 0) is 20.6 Å². The van der Waals surface area contributed by atoms with E-state index >= 15 is 0 Å². The molecule has 1 N–H and O–H groups in total. The van der Waals surface area contributed by atoms with Gasteiger partial charge in [-0.05, 0) is 72.6 Å². The third-order valence-electron chi connectivity index (χ3n) is 8.42. The number of benzene rings is 3. The Morgan fingerprint density at radius 1 is 1.00 bits per heavy atom. The maximum absolute atomic E-state index is 14.6. The zero-order chi connectivity index (χ0) is 29.2. The normalized spacial score (nSPS) is 23.8. The minimum Gasteiger partial charge on any atom is -0.330 e. The topological polar surface area (TPSA) is 66.5 Å². The molecule has 8 heteroatoms. The predicted molar refractivity (Wildman–Crippen MR) is 166 cm³/mol. The van der Waals surface area contributed by atoms with Gasteiger partial charge in [0, 0.05) is 28.5 Å². The molecule has 4 atom stereocenters. The average Bonchev–Trinajstić information content (AvgIpc) is 3.77. The van der Waals surface area contributed by atoms with Crippen molar-refractivity contribution in [3.05, 3.63) is 118 Å². The number of nitrogens with zero attached hydrogens (tertiary/aromatic N) is 1. The van der Waals surface area contributed by atoms with Crippen LogP contribution >= 0.6 is 23.2 Å². The van der Waals surface area contributed by atoms with Gasteiger partial charge in [0.2, 0.25) is 15.9 Å². The third kappa shape index (κ3) is 6.89. The molecule has 0 unspecified atom stereocenters. The number of carbonyl (C=O) groups excluding carboxylic acids is 1. The summed E-state index contributed by atoms with van der Waals surface area (Å²) in [6, 6.07) is 24.0. The van der Waals surface area contributed by atoms with E-state index in [4.69, 9.17) is 23.2 Å². The Morgan fingerprint density at radius 3 is 2.34 bits per heavy atom. The minimum atomic E-state index is -3.63. The molecule has 1 saturated heterocycles. The molecule has 216 valence electrons. The first-order valence-electron chi connectivity index (χ1n) is 14.1. The van der Waals surface area contributed by atoms with Crippen LogP contribution in [0, 0.1) is 11.3 Å². The van der Waals surface area contributed by atoms with Gasteiger partial charge in [-0.25, -0.2) is 13.1 Å². The smallest absolute Gasteiger partial charge is 0.229 e. The summed E-state index contributed by atoms with van der Waals surface area (Å²) in [6.45, 7) is 6.12. The fourth-order valence-corrected chi connectivity index (χ4v) is 7.77. The van der Waals surface area contributed by atoms with Crippen LogP contribution in [0.1, 0.15) is 61.3 Å². The first-order valence-corrected chi connectivity index (χ1v) is 16.5. The van der Waals surface area contributed by atoms with Gasteiger partial charge in [-0.3, -0.25) is 4.79 Å². The predicted octanol–water partition coefficient (Wildman–Crippen LogP) is 7.53. The van der Waals surface area contributed by atoms with Gasteiger partial charge in [0.25, 0.3) is 0 Å². The summed E-state index contributed by atoms with van der Waals surface area (Å²) in [6.07, 6.45) is 4.83. The van der Waals surface area contributed by atoms with E-state index in [1.54, 1.807) is 12.1 Å². The fourth-order valence-electron chi connectivity index (χ4n) is 6.28. The van der Waals surface area contributed by atoms with Gasteiger partial charge in [-0.1, -0.05) is 90.8 Å². The molecule has 3 aromatic rings. The van der Waals surface area contributed by atoms with Crippen LogP contribution in [-0.4, -0.2) is 31.8 Å². The van der Waals surface area contributed by atoms with Gasteiger partial charge in [0.05, 0.1) is 17.2 Å². The van der Waals surface area contributed by atoms with Crippen LogP contribution in [0.4, 0.5) is 0 Å². The highest BCUT2D eigenvalue weighted by molar-refractivity contribution is 7.88. The summed E-state index contributed by atoms with van der Waals surface area (Å²) < 4.78 is 29.3. The van der Waals surface area contributed by atoms with E-state index in [0.29, 0.717) is 22.9 Å². The molecular formula is C33H36Cl2N2O3S. The average molecular weight is 612 g/mol. The Morgan fingerprint density at radius 2 is 1.71 bits per heavy atom. The second-order valence-corrected chi connectivity index (χ2v) is 14.3. The lowest BCUT2D eigenvalue weighted by atomic mass is 9.67. The van der Waals surface area contributed by atoms with E-state index in [0.717, 1.165) is 29.5 Å². The molecule has 5 rings (SSSR count). The van der Waals surface area contributed by atoms with E-state index in [9.17, 15) is 13.2 Å². The van der Waals surface area contributed by atoms with Gasteiger partial charge < -0.3 is 4.90 Å². The second-order valence-electron chi connectivity index (χ2n) is 11.6. The lowest BCUT2D eigenvalue weighted by Gasteiger charge is -2.52. The molecule has 1 heterocycles. The van der Waals surface area contributed by atoms with Crippen LogP contribution in [0.15, 0.2) is 91.5 Å². The van der Waals surface area contributed by atoms with Crippen molar-refractivity contribution < 1.29 is 13.2 Å². The van der Waals surface area contributed by atoms with Crippen molar-refractivity contribution >= 4 is 39.1 Å². The molecule has 1 amide bonds. The Labute approximate surface area is 253 Å². The van der Waals surface area contributed by atoms with Crippen molar-refractivity contribution in [2.75, 3.05) is 6.54 Å². The molecule has 0 radical (unpaired) electrons. The zero-order valence-corrected chi connectivity index (χ0v) is 25.5. The zero-order valence-electron chi connectivity index (χ0n) is 23.2. The SMILES string of the molecule is C=CC[C@@]1(C)C[C@H](c2cccc(Cl)c2)[C@@H](c2ccc(Cl)cc2)N([C@H](CNS(=O)(=O)Cc2ccccc2)C2CC2)C1=O.